The zero-order valence-corrected chi connectivity index (χ0v) is 12.1. The highest BCUT2D eigenvalue weighted by Gasteiger charge is 1.98. The maximum atomic E-state index is 9.65. The summed E-state index contributed by atoms with van der Waals surface area (Å²) in [5, 5.41) is 10.2. The molecule has 2 aromatic carbocycles. The SMILES string of the molecule is CSc1ccc(CN=Cc2cc(Cl)ccc2O)cc1. The quantitative estimate of drug-likeness (QED) is 0.669. The van der Waals surface area contributed by atoms with Gasteiger partial charge in [-0.15, -0.1) is 11.8 Å². The molecular weight excluding hydrogens is 278 g/mol. The van der Waals surface area contributed by atoms with Gasteiger partial charge in [0.2, 0.25) is 0 Å². The smallest absolute Gasteiger partial charge is 0.124 e. The van der Waals surface area contributed by atoms with Crippen LogP contribution in [-0.2, 0) is 6.54 Å². The molecule has 0 saturated heterocycles. The van der Waals surface area contributed by atoms with Crippen molar-refractivity contribution in [2.75, 3.05) is 6.26 Å². The van der Waals surface area contributed by atoms with Crippen molar-refractivity contribution in [3.63, 3.8) is 0 Å². The van der Waals surface area contributed by atoms with Crippen LogP contribution < -0.4 is 0 Å². The number of thioether (sulfide) groups is 1. The molecule has 0 bridgehead atoms. The largest absolute Gasteiger partial charge is 0.507 e. The number of phenols is 1. The maximum Gasteiger partial charge on any atom is 0.124 e. The minimum atomic E-state index is 0.186. The van der Waals surface area contributed by atoms with Crippen LogP contribution in [-0.4, -0.2) is 17.6 Å². The van der Waals surface area contributed by atoms with E-state index in [0.29, 0.717) is 17.1 Å². The summed E-state index contributed by atoms with van der Waals surface area (Å²) in [6.07, 6.45) is 3.69. The van der Waals surface area contributed by atoms with Crippen molar-refractivity contribution in [1.29, 1.82) is 0 Å². The number of nitrogens with zero attached hydrogens (tertiary/aromatic N) is 1. The number of hydrogen-bond acceptors (Lipinski definition) is 3. The third-order valence-electron chi connectivity index (χ3n) is 2.65. The lowest BCUT2D eigenvalue weighted by molar-refractivity contribution is 0.474. The maximum absolute atomic E-state index is 9.65. The molecule has 0 radical (unpaired) electrons. The van der Waals surface area contributed by atoms with E-state index in [-0.39, 0.29) is 5.75 Å². The van der Waals surface area contributed by atoms with Gasteiger partial charge in [0.1, 0.15) is 5.75 Å². The average molecular weight is 292 g/mol. The molecule has 0 unspecified atom stereocenters. The number of benzene rings is 2. The summed E-state index contributed by atoms with van der Waals surface area (Å²) in [6, 6.07) is 13.2. The minimum absolute atomic E-state index is 0.186. The predicted molar refractivity (Wildman–Crippen MR) is 82.6 cm³/mol. The molecule has 2 aromatic rings. The molecule has 2 rings (SSSR count). The molecule has 2 nitrogen and oxygen atoms in total. The van der Waals surface area contributed by atoms with E-state index in [9.17, 15) is 5.11 Å². The van der Waals surface area contributed by atoms with E-state index in [1.165, 1.54) is 4.90 Å². The number of hydrogen-bond donors (Lipinski definition) is 1. The summed E-state index contributed by atoms with van der Waals surface area (Å²) in [5.74, 6) is 0.186. The molecule has 0 heterocycles. The van der Waals surface area contributed by atoms with Gasteiger partial charge in [0.15, 0.2) is 0 Å². The molecule has 0 spiro atoms. The van der Waals surface area contributed by atoms with Crippen molar-refractivity contribution in [3.05, 3.63) is 58.6 Å². The van der Waals surface area contributed by atoms with Crippen molar-refractivity contribution in [2.24, 2.45) is 4.99 Å². The van der Waals surface area contributed by atoms with Gasteiger partial charge >= 0.3 is 0 Å². The molecule has 0 aromatic heterocycles. The van der Waals surface area contributed by atoms with Crippen LogP contribution in [0.1, 0.15) is 11.1 Å². The number of phenolic OH excluding ortho intramolecular Hbond substituents is 1. The van der Waals surface area contributed by atoms with Crippen LogP contribution in [0.4, 0.5) is 0 Å². The molecule has 19 heavy (non-hydrogen) atoms. The Bertz CT molecular complexity index is 581. The number of halogens is 1. The van der Waals surface area contributed by atoms with E-state index in [1.54, 1.807) is 36.2 Å². The first-order valence-electron chi connectivity index (χ1n) is 5.80. The van der Waals surface area contributed by atoms with Crippen LogP contribution in [0.3, 0.4) is 0 Å². The third-order valence-corrected chi connectivity index (χ3v) is 3.63. The van der Waals surface area contributed by atoms with Crippen LogP contribution in [0.15, 0.2) is 52.4 Å². The van der Waals surface area contributed by atoms with Crippen LogP contribution in [0.25, 0.3) is 0 Å². The van der Waals surface area contributed by atoms with Gasteiger partial charge in [0, 0.05) is 21.7 Å². The summed E-state index contributed by atoms with van der Waals surface area (Å²) in [6.45, 7) is 0.584. The number of aromatic hydroxyl groups is 1. The molecule has 1 N–H and O–H groups in total. The number of aliphatic imine (C=N–C) groups is 1. The van der Waals surface area contributed by atoms with Crippen molar-refractivity contribution in [1.82, 2.24) is 0 Å². The highest BCUT2D eigenvalue weighted by Crippen LogP contribution is 2.20. The van der Waals surface area contributed by atoms with Crippen molar-refractivity contribution in [3.8, 4) is 5.75 Å². The molecule has 0 aliphatic rings. The molecule has 0 amide bonds. The molecule has 4 heteroatoms. The first-order chi connectivity index (χ1) is 9.19. The highest BCUT2D eigenvalue weighted by molar-refractivity contribution is 7.98. The van der Waals surface area contributed by atoms with Crippen LogP contribution in [0.2, 0.25) is 5.02 Å². The zero-order chi connectivity index (χ0) is 13.7. The summed E-state index contributed by atoms with van der Waals surface area (Å²) >= 11 is 7.59. The molecule has 0 saturated carbocycles. The summed E-state index contributed by atoms with van der Waals surface area (Å²) in [4.78, 5) is 5.56. The highest BCUT2D eigenvalue weighted by atomic mass is 35.5. The second kappa shape index (κ2) is 6.64. The topological polar surface area (TPSA) is 32.6 Å². The van der Waals surface area contributed by atoms with Crippen molar-refractivity contribution < 1.29 is 5.11 Å². The standard InChI is InChI=1S/C15H14ClNOS/c1-19-14-5-2-11(3-6-14)9-17-10-12-8-13(16)4-7-15(12)18/h2-8,10,18H,9H2,1H3. The lowest BCUT2D eigenvalue weighted by Gasteiger charge is -2.00. The van der Waals surface area contributed by atoms with Crippen molar-refractivity contribution >= 4 is 29.6 Å². The van der Waals surface area contributed by atoms with Gasteiger partial charge in [0.05, 0.1) is 6.54 Å². The van der Waals surface area contributed by atoms with Gasteiger partial charge in [-0.1, -0.05) is 23.7 Å². The van der Waals surface area contributed by atoms with Gasteiger partial charge < -0.3 is 5.11 Å². The second-order valence-corrected chi connectivity index (χ2v) is 5.34. The Morgan fingerprint density at radius 2 is 1.95 bits per heavy atom. The molecule has 0 atom stereocenters. The van der Waals surface area contributed by atoms with Gasteiger partial charge in [-0.05, 0) is 42.2 Å². The fourth-order valence-electron chi connectivity index (χ4n) is 1.61. The molecule has 0 fully saturated rings. The normalized spacial score (nSPS) is 11.1. The fraction of sp³-hybridized carbons (Fsp3) is 0.133. The second-order valence-electron chi connectivity index (χ2n) is 4.02. The van der Waals surface area contributed by atoms with Crippen LogP contribution in [0, 0.1) is 0 Å². The monoisotopic (exact) mass is 291 g/mol. The zero-order valence-electron chi connectivity index (χ0n) is 10.5. The Morgan fingerprint density at radius 1 is 1.21 bits per heavy atom. The van der Waals surface area contributed by atoms with Gasteiger partial charge in [0.25, 0.3) is 0 Å². The fourth-order valence-corrected chi connectivity index (χ4v) is 2.20. The van der Waals surface area contributed by atoms with Crippen LogP contribution >= 0.6 is 23.4 Å². The van der Waals surface area contributed by atoms with E-state index < -0.39 is 0 Å². The van der Waals surface area contributed by atoms with Gasteiger partial charge in [-0.25, -0.2) is 0 Å². The third kappa shape index (κ3) is 4.01. The Morgan fingerprint density at radius 3 is 2.63 bits per heavy atom. The molecule has 98 valence electrons. The van der Waals surface area contributed by atoms with Gasteiger partial charge in [-0.3, -0.25) is 4.99 Å². The lowest BCUT2D eigenvalue weighted by Crippen LogP contribution is -1.86. The first kappa shape index (κ1) is 14.0. The Kier molecular flexibility index (Phi) is 4.88. The molecule has 0 aliphatic carbocycles. The number of rotatable bonds is 4. The minimum Gasteiger partial charge on any atom is -0.507 e. The first-order valence-corrected chi connectivity index (χ1v) is 7.40. The van der Waals surface area contributed by atoms with Crippen molar-refractivity contribution in [2.45, 2.75) is 11.4 Å². The van der Waals surface area contributed by atoms with E-state index >= 15 is 0 Å². The Hall–Kier alpha value is -1.45. The average Bonchev–Trinajstić information content (AvgIpc) is 2.43. The summed E-state index contributed by atoms with van der Waals surface area (Å²) in [7, 11) is 0. The van der Waals surface area contributed by atoms with E-state index in [2.05, 4.69) is 35.5 Å². The Balaban J connectivity index is 2.04. The van der Waals surface area contributed by atoms with E-state index in [4.69, 9.17) is 11.6 Å². The summed E-state index contributed by atoms with van der Waals surface area (Å²) in [5.41, 5.74) is 1.77. The van der Waals surface area contributed by atoms with E-state index in [1.807, 2.05) is 0 Å². The van der Waals surface area contributed by atoms with Crippen LogP contribution in [0.5, 0.6) is 5.75 Å². The molecule has 0 aliphatic heterocycles. The van der Waals surface area contributed by atoms with E-state index in [0.717, 1.165) is 5.56 Å². The van der Waals surface area contributed by atoms with Gasteiger partial charge in [-0.2, -0.15) is 0 Å². The molecular formula is C15H14ClNOS. The lowest BCUT2D eigenvalue weighted by atomic mass is 10.2. The Labute approximate surface area is 122 Å². The summed E-state index contributed by atoms with van der Waals surface area (Å²) < 4.78 is 0. The predicted octanol–water partition coefficient (Wildman–Crippen LogP) is 4.39.